The second-order valence-electron chi connectivity index (χ2n) is 5.90. The van der Waals surface area contributed by atoms with E-state index < -0.39 is 76.4 Å². The van der Waals surface area contributed by atoms with Crippen molar-refractivity contribution in [1.29, 1.82) is 0 Å². The summed E-state index contributed by atoms with van der Waals surface area (Å²) in [5.74, 6) is -4.26. The van der Waals surface area contributed by atoms with Gasteiger partial charge in [0.2, 0.25) is 11.2 Å². The molecule has 0 saturated carbocycles. The van der Waals surface area contributed by atoms with E-state index in [0.29, 0.717) is 12.1 Å². The van der Waals surface area contributed by atoms with E-state index in [9.17, 15) is 48.8 Å². The average molecular weight is 523 g/mol. The van der Waals surface area contributed by atoms with Crippen LogP contribution in [0.5, 0.6) is 23.0 Å². The summed E-state index contributed by atoms with van der Waals surface area (Å²) in [4.78, 5) is 12.8. The molecule has 15 nitrogen and oxygen atoms in total. The van der Waals surface area contributed by atoms with Gasteiger partial charge in [-0.25, -0.2) is 25.3 Å². The van der Waals surface area contributed by atoms with Crippen LogP contribution in [-0.4, -0.2) is 44.0 Å². The Balaban J connectivity index is 2.29. The van der Waals surface area contributed by atoms with Crippen molar-refractivity contribution in [3.8, 4) is 34.3 Å². The van der Waals surface area contributed by atoms with Crippen LogP contribution in [0.3, 0.4) is 0 Å². The molecule has 3 aromatic rings. The van der Waals surface area contributed by atoms with Gasteiger partial charge in [0, 0.05) is 17.7 Å². The molecule has 0 radical (unpaired) electrons. The van der Waals surface area contributed by atoms with E-state index in [1.54, 1.807) is 0 Å². The molecule has 0 aliphatic rings. The number of benzene rings is 2. The Morgan fingerprint density at radius 1 is 0.758 bits per heavy atom. The van der Waals surface area contributed by atoms with Crippen LogP contribution in [0.2, 0.25) is 0 Å². The maximum absolute atomic E-state index is 12.8. The summed E-state index contributed by atoms with van der Waals surface area (Å²) in [7, 11) is -16.0. The van der Waals surface area contributed by atoms with Crippen LogP contribution in [0.25, 0.3) is 22.3 Å². The van der Waals surface area contributed by atoms with Crippen LogP contribution in [0, 0.1) is 0 Å². The normalized spacial score (nSPS) is 12.5. The molecule has 0 amide bonds. The highest BCUT2D eigenvalue weighted by atomic mass is 32.3. The number of hydrogen-bond donors (Lipinski definition) is 1. The topological polar surface area (TPSA) is 250 Å². The van der Waals surface area contributed by atoms with Gasteiger partial charge < -0.3 is 35.7 Å². The minimum atomic E-state index is -5.56. The molecular weight excluding hydrogens is 516 g/mol. The van der Waals surface area contributed by atoms with Crippen LogP contribution in [-0.2, 0) is 31.2 Å². The maximum atomic E-state index is 12.8. The molecule has 0 saturated heterocycles. The smallest absolute Gasteiger partial charge is 0.262 e. The molecule has 178 valence electrons. The third-order valence-electron chi connectivity index (χ3n) is 3.60. The molecule has 0 aliphatic carbocycles. The zero-order chi connectivity index (χ0) is 24.8. The fourth-order valence-corrected chi connectivity index (χ4v) is 3.61. The van der Waals surface area contributed by atoms with Crippen molar-refractivity contribution in [2.24, 2.45) is 0 Å². The molecule has 0 atom stereocenters. The van der Waals surface area contributed by atoms with E-state index in [4.69, 9.17) is 4.42 Å². The fourth-order valence-electron chi connectivity index (χ4n) is 2.57. The van der Waals surface area contributed by atoms with Crippen molar-refractivity contribution >= 4 is 42.2 Å². The monoisotopic (exact) mass is 523 g/mol. The van der Waals surface area contributed by atoms with E-state index >= 15 is 0 Å². The molecule has 0 spiro atoms. The van der Waals surface area contributed by atoms with E-state index in [2.05, 4.69) is 12.5 Å². The maximum Gasteiger partial charge on any atom is 0.262 e. The van der Waals surface area contributed by atoms with Gasteiger partial charge in [-0.1, -0.05) is 0 Å². The molecule has 18 heteroatoms. The minimum Gasteiger partial charge on any atom is -0.716 e. The number of hydrogen-bond acceptors (Lipinski definition) is 15. The summed E-state index contributed by atoms with van der Waals surface area (Å²) >= 11 is 0. The third-order valence-corrected chi connectivity index (χ3v) is 4.77. The van der Waals surface area contributed by atoms with E-state index in [1.807, 2.05) is 0 Å². The summed E-state index contributed by atoms with van der Waals surface area (Å²) in [6.07, 6.45) is 0. The van der Waals surface area contributed by atoms with E-state index in [1.165, 1.54) is 0 Å². The molecule has 2 aromatic carbocycles. The highest BCUT2D eigenvalue weighted by molar-refractivity contribution is 7.81. The summed E-state index contributed by atoms with van der Waals surface area (Å²) < 4.78 is 115. The lowest BCUT2D eigenvalue weighted by molar-refractivity contribution is 0.364. The van der Waals surface area contributed by atoms with Gasteiger partial charge in [0.25, 0.3) is 31.2 Å². The Labute approximate surface area is 184 Å². The van der Waals surface area contributed by atoms with Crippen LogP contribution in [0.4, 0.5) is 0 Å². The second-order valence-corrected chi connectivity index (χ2v) is 8.85. The summed E-state index contributed by atoms with van der Waals surface area (Å²) in [6.45, 7) is 0. The molecule has 33 heavy (non-hydrogen) atoms. The largest absolute Gasteiger partial charge is 0.716 e. The van der Waals surface area contributed by atoms with Gasteiger partial charge in [0.05, 0.1) is 0 Å². The highest BCUT2D eigenvalue weighted by Gasteiger charge is 2.23. The van der Waals surface area contributed by atoms with Crippen molar-refractivity contribution in [2.75, 3.05) is 0 Å². The van der Waals surface area contributed by atoms with Crippen molar-refractivity contribution in [1.82, 2.24) is 0 Å². The second kappa shape index (κ2) is 8.17. The fraction of sp³-hybridized carbons (Fsp3) is 0. The summed E-state index contributed by atoms with van der Waals surface area (Å²) in [6, 6.07) is 4.94. The van der Waals surface area contributed by atoms with Crippen molar-refractivity contribution in [3.63, 3.8) is 0 Å². The minimum absolute atomic E-state index is 0.231. The lowest BCUT2D eigenvalue weighted by Crippen LogP contribution is -2.16. The Kier molecular flexibility index (Phi) is 6.00. The van der Waals surface area contributed by atoms with Crippen molar-refractivity contribution in [3.05, 3.63) is 46.6 Å². The summed E-state index contributed by atoms with van der Waals surface area (Å²) in [5, 5.41) is 9.26. The number of fused-ring (bicyclic) bond motifs is 1. The van der Waals surface area contributed by atoms with Gasteiger partial charge in [-0.3, -0.25) is 4.79 Å². The molecule has 0 aliphatic heterocycles. The van der Waals surface area contributed by atoms with Gasteiger partial charge in [0.1, 0.15) is 28.2 Å². The van der Waals surface area contributed by atoms with Crippen LogP contribution >= 0.6 is 0 Å². The Hall–Kier alpha value is -3.42. The first-order chi connectivity index (χ1) is 15.0. The Morgan fingerprint density at radius 3 is 1.79 bits per heavy atom. The summed E-state index contributed by atoms with van der Waals surface area (Å²) in [5.41, 5.74) is -2.26. The SMILES string of the molecule is O=c1c(OS(=O)(=O)[O-])c(-c2ccc(OS(=O)(=O)[O-])cc2)oc2cc(OS(=O)(=O)[O-])cc(O)c12. The van der Waals surface area contributed by atoms with Gasteiger partial charge >= 0.3 is 0 Å². The van der Waals surface area contributed by atoms with Gasteiger partial charge in [-0.15, -0.1) is 0 Å². The lowest BCUT2D eigenvalue weighted by Gasteiger charge is -2.15. The molecule has 1 N–H and O–H groups in total. The third kappa shape index (κ3) is 6.09. The number of phenols is 1. The van der Waals surface area contributed by atoms with E-state index in [-0.39, 0.29) is 5.56 Å². The number of rotatable bonds is 7. The van der Waals surface area contributed by atoms with Crippen molar-refractivity contribution < 1.29 is 61.0 Å². The molecule has 3 rings (SSSR count). The van der Waals surface area contributed by atoms with Gasteiger partial charge in [-0.2, -0.15) is 0 Å². The quantitative estimate of drug-likeness (QED) is 0.308. The van der Waals surface area contributed by atoms with Gasteiger partial charge in [0.15, 0.2) is 5.76 Å². The van der Waals surface area contributed by atoms with Crippen LogP contribution in [0.1, 0.15) is 0 Å². The first kappa shape index (κ1) is 24.2. The van der Waals surface area contributed by atoms with E-state index in [0.717, 1.165) is 24.3 Å². The molecule has 0 fully saturated rings. The molecular formula is C15H7O15S3-3. The molecule has 0 bridgehead atoms. The Morgan fingerprint density at radius 2 is 1.27 bits per heavy atom. The standard InChI is InChI=1S/C15H10O15S3/c16-10-5-9(29-32(21,22)23)6-11-12(10)13(17)15(30-33(24,25)26)14(27-11)7-1-3-8(4-2-7)28-31(18,19)20/h1-6,16H,(H,18,19,20)(H,21,22,23)(H,24,25,26)/p-3. The predicted molar refractivity (Wildman–Crippen MR) is 101 cm³/mol. The van der Waals surface area contributed by atoms with Crippen LogP contribution < -0.4 is 18.0 Å². The molecule has 1 aromatic heterocycles. The zero-order valence-corrected chi connectivity index (χ0v) is 17.8. The first-order valence-corrected chi connectivity index (χ1v) is 11.9. The molecule has 1 heterocycles. The van der Waals surface area contributed by atoms with Crippen LogP contribution in [0.15, 0.2) is 45.6 Å². The first-order valence-electron chi connectivity index (χ1n) is 7.92. The van der Waals surface area contributed by atoms with Gasteiger partial charge in [-0.05, 0) is 24.3 Å². The predicted octanol–water partition coefficient (Wildman–Crippen LogP) is -0.317. The molecule has 0 unspecified atom stereocenters. The lowest BCUT2D eigenvalue weighted by atomic mass is 10.1. The number of aromatic hydroxyl groups is 1. The highest BCUT2D eigenvalue weighted by Crippen LogP contribution is 2.37. The average Bonchev–Trinajstić information content (AvgIpc) is 2.60. The number of phenolic OH excluding ortho intramolecular Hbond substituents is 1. The van der Waals surface area contributed by atoms with Crippen molar-refractivity contribution in [2.45, 2.75) is 0 Å². The zero-order valence-electron chi connectivity index (χ0n) is 15.4. The Bertz CT molecular complexity index is 1620.